The number of hydrogen-bond donors (Lipinski definition) is 0. The van der Waals surface area contributed by atoms with Crippen LogP contribution in [0, 0.1) is 5.82 Å². The Bertz CT molecular complexity index is 1300. The smallest absolute Gasteiger partial charge is 0.165 e. The van der Waals surface area contributed by atoms with Crippen molar-refractivity contribution in [1.29, 1.82) is 0 Å². The van der Waals surface area contributed by atoms with E-state index in [0.29, 0.717) is 18.8 Å². The standard InChI is InChI=1S/C33H31FO4/c34-28-18-10-17-27(19-28)29-20-30(35)32(37-22-25-13-6-2-7-14-25)33(38-23-26-15-8-3-9-16-26)31(29)36-21-24-11-4-1-5-12-24/h1-19,29,31-33H,20-23H2/t29-,31-,32+,33+/m0/s1. The Labute approximate surface area is 223 Å². The van der Waals surface area contributed by atoms with Crippen LogP contribution >= 0.6 is 0 Å². The van der Waals surface area contributed by atoms with Crippen molar-refractivity contribution in [2.45, 2.75) is 50.5 Å². The first-order valence-electron chi connectivity index (χ1n) is 12.9. The number of carbonyl (C=O) groups excluding carboxylic acids is 1. The van der Waals surface area contributed by atoms with Gasteiger partial charge in [-0.25, -0.2) is 4.39 Å². The molecule has 0 unspecified atom stereocenters. The number of halogens is 1. The third-order valence-corrected chi connectivity index (χ3v) is 6.88. The lowest BCUT2D eigenvalue weighted by molar-refractivity contribution is -0.183. The summed E-state index contributed by atoms with van der Waals surface area (Å²) >= 11 is 0. The molecule has 38 heavy (non-hydrogen) atoms. The predicted molar refractivity (Wildman–Crippen MR) is 144 cm³/mol. The second-order valence-electron chi connectivity index (χ2n) is 9.57. The highest BCUT2D eigenvalue weighted by atomic mass is 19.1. The lowest BCUT2D eigenvalue weighted by Gasteiger charge is -2.41. The highest BCUT2D eigenvalue weighted by molar-refractivity contribution is 5.86. The number of carbonyl (C=O) groups is 1. The molecule has 0 bridgehead atoms. The molecule has 5 heteroatoms. The summed E-state index contributed by atoms with van der Waals surface area (Å²) in [6, 6.07) is 35.8. The first-order chi connectivity index (χ1) is 18.7. The Hall–Kier alpha value is -3.64. The summed E-state index contributed by atoms with van der Waals surface area (Å²) < 4.78 is 33.5. The molecule has 1 aliphatic carbocycles. The van der Waals surface area contributed by atoms with E-state index in [2.05, 4.69) is 0 Å². The number of ketones is 1. The van der Waals surface area contributed by atoms with E-state index >= 15 is 0 Å². The summed E-state index contributed by atoms with van der Waals surface area (Å²) in [5, 5.41) is 0. The Kier molecular flexibility index (Phi) is 8.71. The maximum atomic E-state index is 14.3. The molecule has 0 heterocycles. The minimum absolute atomic E-state index is 0.0761. The average Bonchev–Trinajstić information content (AvgIpc) is 2.96. The molecular weight excluding hydrogens is 479 g/mol. The largest absolute Gasteiger partial charge is 0.370 e. The summed E-state index contributed by atoms with van der Waals surface area (Å²) in [4.78, 5) is 13.6. The number of ether oxygens (including phenoxy) is 3. The topological polar surface area (TPSA) is 44.8 Å². The molecule has 0 N–H and O–H groups in total. The molecule has 5 rings (SSSR count). The Morgan fingerprint density at radius 3 is 1.63 bits per heavy atom. The fourth-order valence-electron chi connectivity index (χ4n) is 4.95. The maximum absolute atomic E-state index is 14.3. The van der Waals surface area contributed by atoms with Crippen molar-refractivity contribution in [3.63, 3.8) is 0 Å². The molecular formula is C33H31FO4. The van der Waals surface area contributed by atoms with E-state index in [9.17, 15) is 9.18 Å². The first-order valence-corrected chi connectivity index (χ1v) is 12.9. The third-order valence-electron chi connectivity index (χ3n) is 6.88. The second-order valence-corrected chi connectivity index (χ2v) is 9.57. The highest BCUT2D eigenvalue weighted by Gasteiger charge is 2.47. The molecule has 1 aliphatic rings. The van der Waals surface area contributed by atoms with Gasteiger partial charge in [0.05, 0.1) is 25.9 Å². The monoisotopic (exact) mass is 510 g/mol. The van der Waals surface area contributed by atoms with Crippen molar-refractivity contribution in [3.05, 3.63) is 143 Å². The number of hydrogen-bond acceptors (Lipinski definition) is 4. The van der Waals surface area contributed by atoms with E-state index in [1.807, 2.05) is 97.1 Å². The van der Waals surface area contributed by atoms with Crippen LogP contribution < -0.4 is 0 Å². The van der Waals surface area contributed by atoms with Crippen molar-refractivity contribution in [2.24, 2.45) is 0 Å². The summed E-state index contributed by atoms with van der Waals surface area (Å²) in [6.45, 7) is 0.908. The number of benzene rings is 4. The molecule has 4 nitrogen and oxygen atoms in total. The van der Waals surface area contributed by atoms with Crippen LogP contribution in [-0.2, 0) is 38.8 Å². The number of Topliss-reactive ketones (excluding diaryl/α,β-unsaturated/α-hetero) is 1. The van der Waals surface area contributed by atoms with Crippen LogP contribution in [0.5, 0.6) is 0 Å². The quantitative estimate of drug-likeness (QED) is 0.240. The van der Waals surface area contributed by atoms with Crippen LogP contribution in [0.3, 0.4) is 0 Å². The third kappa shape index (κ3) is 6.62. The molecule has 0 aromatic heterocycles. The molecule has 4 aromatic rings. The van der Waals surface area contributed by atoms with Gasteiger partial charge in [-0.15, -0.1) is 0 Å². The van der Waals surface area contributed by atoms with Crippen LogP contribution in [0.1, 0.15) is 34.6 Å². The van der Waals surface area contributed by atoms with Crippen LogP contribution in [0.25, 0.3) is 0 Å². The molecule has 0 amide bonds. The van der Waals surface area contributed by atoms with Gasteiger partial charge in [0.25, 0.3) is 0 Å². The van der Waals surface area contributed by atoms with Crippen molar-refractivity contribution in [2.75, 3.05) is 0 Å². The van der Waals surface area contributed by atoms with Gasteiger partial charge in [0.1, 0.15) is 18.0 Å². The fraction of sp³-hybridized carbons (Fsp3) is 0.242. The maximum Gasteiger partial charge on any atom is 0.165 e. The molecule has 1 fully saturated rings. The first kappa shape index (κ1) is 26.0. The lowest BCUT2D eigenvalue weighted by Crippen LogP contribution is -2.54. The van der Waals surface area contributed by atoms with Gasteiger partial charge in [-0.3, -0.25) is 4.79 Å². The van der Waals surface area contributed by atoms with Crippen LogP contribution in [-0.4, -0.2) is 24.1 Å². The van der Waals surface area contributed by atoms with Crippen molar-refractivity contribution >= 4 is 5.78 Å². The van der Waals surface area contributed by atoms with Crippen molar-refractivity contribution in [1.82, 2.24) is 0 Å². The minimum atomic E-state index is -0.815. The van der Waals surface area contributed by atoms with Crippen LogP contribution in [0.15, 0.2) is 115 Å². The van der Waals surface area contributed by atoms with Gasteiger partial charge >= 0.3 is 0 Å². The second kappa shape index (κ2) is 12.7. The molecule has 4 atom stereocenters. The fourth-order valence-corrected chi connectivity index (χ4v) is 4.95. The summed E-state index contributed by atoms with van der Waals surface area (Å²) in [7, 11) is 0. The van der Waals surface area contributed by atoms with Gasteiger partial charge < -0.3 is 14.2 Å². The van der Waals surface area contributed by atoms with E-state index in [1.165, 1.54) is 12.1 Å². The SMILES string of the molecule is O=C1C[C@@H](c2cccc(F)c2)[C@H](OCc2ccccc2)[C@@H](OCc2ccccc2)[C@@H]1OCc1ccccc1. The average molecular weight is 511 g/mol. The van der Waals surface area contributed by atoms with Gasteiger partial charge in [-0.05, 0) is 34.4 Å². The van der Waals surface area contributed by atoms with Gasteiger partial charge in [0, 0.05) is 12.3 Å². The zero-order valence-corrected chi connectivity index (χ0v) is 21.1. The van der Waals surface area contributed by atoms with E-state index in [4.69, 9.17) is 14.2 Å². The Morgan fingerprint density at radius 2 is 1.11 bits per heavy atom. The zero-order chi connectivity index (χ0) is 26.2. The van der Waals surface area contributed by atoms with E-state index in [-0.39, 0.29) is 30.5 Å². The van der Waals surface area contributed by atoms with E-state index in [1.54, 1.807) is 6.07 Å². The molecule has 0 radical (unpaired) electrons. The minimum Gasteiger partial charge on any atom is -0.370 e. The Balaban J connectivity index is 1.46. The van der Waals surface area contributed by atoms with E-state index in [0.717, 1.165) is 16.7 Å². The molecule has 0 aliphatic heterocycles. The van der Waals surface area contributed by atoms with Gasteiger partial charge in [-0.1, -0.05) is 103 Å². The van der Waals surface area contributed by atoms with Crippen LogP contribution in [0.4, 0.5) is 4.39 Å². The predicted octanol–water partition coefficient (Wildman–Crippen LogP) is 6.64. The van der Waals surface area contributed by atoms with Gasteiger partial charge in [0.15, 0.2) is 5.78 Å². The Morgan fingerprint density at radius 1 is 0.605 bits per heavy atom. The summed E-state index contributed by atoms with van der Waals surface area (Å²) in [5.41, 5.74) is 3.67. The van der Waals surface area contributed by atoms with Gasteiger partial charge in [-0.2, -0.15) is 0 Å². The molecule has 0 spiro atoms. The summed E-state index contributed by atoms with van der Waals surface area (Å²) in [6.07, 6.45) is -1.85. The van der Waals surface area contributed by atoms with Crippen LogP contribution in [0.2, 0.25) is 0 Å². The molecule has 4 aromatic carbocycles. The van der Waals surface area contributed by atoms with Gasteiger partial charge in [0.2, 0.25) is 0 Å². The molecule has 194 valence electrons. The normalized spacial score (nSPS) is 21.3. The zero-order valence-electron chi connectivity index (χ0n) is 21.1. The molecule has 1 saturated carbocycles. The van der Waals surface area contributed by atoms with Crippen molar-refractivity contribution < 1.29 is 23.4 Å². The number of rotatable bonds is 10. The van der Waals surface area contributed by atoms with E-state index < -0.39 is 18.3 Å². The molecule has 0 saturated heterocycles. The lowest BCUT2D eigenvalue weighted by atomic mass is 9.77. The van der Waals surface area contributed by atoms with Crippen molar-refractivity contribution in [3.8, 4) is 0 Å². The summed E-state index contributed by atoms with van der Waals surface area (Å²) in [5.74, 6) is -0.798. The highest BCUT2D eigenvalue weighted by Crippen LogP contribution is 2.38.